The molecule has 12 heavy (non-hydrogen) atoms. The highest BCUT2D eigenvalue weighted by Gasteiger charge is 2.13. The van der Waals surface area contributed by atoms with Gasteiger partial charge >= 0.3 is 0 Å². The first-order chi connectivity index (χ1) is 5.77. The highest BCUT2D eigenvalue weighted by atomic mass is 15.2. The summed E-state index contributed by atoms with van der Waals surface area (Å²) < 4.78 is 0. The third-order valence-electron chi connectivity index (χ3n) is 2.04. The molecule has 0 radical (unpaired) electrons. The van der Waals surface area contributed by atoms with E-state index in [2.05, 4.69) is 15.2 Å². The van der Waals surface area contributed by atoms with Gasteiger partial charge in [0.2, 0.25) is 0 Å². The summed E-state index contributed by atoms with van der Waals surface area (Å²) in [5.41, 5.74) is 7.42. The van der Waals surface area contributed by atoms with Crippen LogP contribution in [0.15, 0.2) is 12.3 Å². The number of nitrogens with two attached hydrogens (primary N) is 1. The molecule has 0 aliphatic carbocycles. The number of pyridine rings is 1. The summed E-state index contributed by atoms with van der Waals surface area (Å²) in [6.07, 6.45) is 1.67. The van der Waals surface area contributed by atoms with E-state index in [1.54, 1.807) is 6.20 Å². The van der Waals surface area contributed by atoms with Gasteiger partial charge in [-0.2, -0.15) is 0 Å². The largest absolute Gasteiger partial charge is 0.397 e. The molecule has 1 aromatic rings. The number of nitrogens with one attached hydrogen (secondary N) is 1. The van der Waals surface area contributed by atoms with Crippen molar-refractivity contribution in [2.24, 2.45) is 0 Å². The Morgan fingerprint density at radius 3 is 3.33 bits per heavy atom. The van der Waals surface area contributed by atoms with E-state index < -0.39 is 0 Å². The van der Waals surface area contributed by atoms with Gasteiger partial charge in [0.1, 0.15) is 5.82 Å². The summed E-state index contributed by atoms with van der Waals surface area (Å²) in [5, 5.41) is 3.21. The normalized spacial score (nSPS) is 15.2. The second-order valence-corrected chi connectivity index (χ2v) is 2.98. The second kappa shape index (κ2) is 2.55. The van der Waals surface area contributed by atoms with Gasteiger partial charge in [-0.25, -0.2) is 4.98 Å². The Balaban J connectivity index is 2.47. The maximum absolute atomic E-state index is 5.63. The predicted molar refractivity (Wildman–Crippen MR) is 50.4 cm³/mol. The summed E-state index contributed by atoms with van der Waals surface area (Å²) in [4.78, 5) is 6.34. The molecule has 0 saturated carbocycles. The number of nitrogens with zero attached hydrogens (tertiary/aromatic N) is 2. The fourth-order valence-electron chi connectivity index (χ4n) is 1.36. The van der Waals surface area contributed by atoms with E-state index >= 15 is 0 Å². The lowest BCUT2D eigenvalue weighted by Gasteiger charge is -2.27. The molecule has 0 atom stereocenters. The SMILES string of the molecule is CN1CCNc2ncc(N)cc21. The molecule has 0 unspecified atom stereocenters. The third-order valence-corrected chi connectivity index (χ3v) is 2.04. The number of hydrogen-bond donors (Lipinski definition) is 2. The molecule has 1 aromatic heterocycles. The van der Waals surface area contributed by atoms with Crippen LogP contribution in [-0.2, 0) is 0 Å². The van der Waals surface area contributed by atoms with Gasteiger partial charge in [0.05, 0.1) is 17.6 Å². The maximum atomic E-state index is 5.63. The summed E-state index contributed by atoms with van der Waals surface area (Å²) in [7, 11) is 2.04. The van der Waals surface area contributed by atoms with E-state index in [1.165, 1.54) is 0 Å². The summed E-state index contributed by atoms with van der Waals surface area (Å²) >= 11 is 0. The summed E-state index contributed by atoms with van der Waals surface area (Å²) in [6, 6.07) is 1.94. The molecule has 2 rings (SSSR count). The maximum Gasteiger partial charge on any atom is 0.149 e. The smallest absolute Gasteiger partial charge is 0.149 e. The number of rotatable bonds is 0. The van der Waals surface area contributed by atoms with Crippen molar-refractivity contribution < 1.29 is 0 Å². The molecule has 1 aliphatic heterocycles. The van der Waals surface area contributed by atoms with Crippen molar-refractivity contribution in [2.75, 3.05) is 36.1 Å². The highest BCUT2D eigenvalue weighted by Crippen LogP contribution is 2.26. The van der Waals surface area contributed by atoms with Crippen molar-refractivity contribution in [1.29, 1.82) is 0 Å². The lowest BCUT2D eigenvalue weighted by Crippen LogP contribution is -2.30. The minimum atomic E-state index is 0.712. The van der Waals surface area contributed by atoms with E-state index in [0.717, 1.165) is 24.6 Å². The molecule has 0 saturated heterocycles. The number of anilines is 3. The third kappa shape index (κ3) is 1.05. The second-order valence-electron chi connectivity index (χ2n) is 2.98. The van der Waals surface area contributed by atoms with Crippen molar-refractivity contribution in [3.05, 3.63) is 12.3 Å². The summed E-state index contributed by atoms with van der Waals surface area (Å²) in [5.74, 6) is 0.929. The van der Waals surface area contributed by atoms with E-state index in [4.69, 9.17) is 5.73 Å². The van der Waals surface area contributed by atoms with Gasteiger partial charge in [-0.3, -0.25) is 0 Å². The first kappa shape index (κ1) is 7.21. The average Bonchev–Trinajstić information content (AvgIpc) is 2.07. The molecule has 1 aliphatic rings. The van der Waals surface area contributed by atoms with Crippen LogP contribution in [0.2, 0.25) is 0 Å². The van der Waals surface area contributed by atoms with Crippen LogP contribution in [0.5, 0.6) is 0 Å². The van der Waals surface area contributed by atoms with Gasteiger partial charge in [-0.05, 0) is 6.07 Å². The molecule has 0 spiro atoms. The first-order valence-corrected chi connectivity index (χ1v) is 3.98. The predicted octanol–water partition coefficient (Wildman–Crippen LogP) is 0.525. The molecular weight excluding hydrogens is 152 g/mol. The van der Waals surface area contributed by atoms with Crippen LogP contribution in [0.3, 0.4) is 0 Å². The van der Waals surface area contributed by atoms with Gasteiger partial charge < -0.3 is 16.0 Å². The molecular formula is C8H12N4. The first-order valence-electron chi connectivity index (χ1n) is 3.98. The van der Waals surface area contributed by atoms with Crippen molar-refractivity contribution in [1.82, 2.24) is 4.98 Å². The minimum absolute atomic E-state index is 0.712. The van der Waals surface area contributed by atoms with Crippen molar-refractivity contribution in [3.8, 4) is 0 Å². The van der Waals surface area contributed by atoms with Crippen molar-refractivity contribution in [3.63, 3.8) is 0 Å². The van der Waals surface area contributed by atoms with Crippen molar-refractivity contribution in [2.45, 2.75) is 0 Å². The van der Waals surface area contributed by atoms with Gasteiger partial charge in [0.25, 0.3) is 0 Å². The number of aromatic nitrogens is 1. The lowest BCUT2D eigenvalue weighted by atomic mass is 10.3. The van der Waals surface area contributed by atoms with Gasteiger partial charge in [-0.1, -0.05) is 0 Å². The monoisotopic (exact) mass is 164 g/mol. The van der Waals surface area contributed by atoms with Crippen molar-refractivity contribution >= 4 is 17.2 Å². The van der Waals surface area contributed by atoms with E-state index in [0.29, 0.717) is 5.69 Å². The molecule has 4 nitrogen and oxygen atoms in total. The van der Waals surface area contributed by atoms with Gasteiger partial charge in [0, 0.05) is 20.1 Å². The van der Waals surface area contributed by atoms with Gasteiger partial charge in [-0.15, -0.1) is 0 Å². The zero-order valence-corrected chi connectivity index (χ0v) is 7.04. The summed E-state index contributed by atoms with van der Waals surface area (Å²) in [6.45, 7) is 1.94. The van der Waals surface area contributed by atoms with Crippen LogP contribution in [-0.4, -0.2) is 25.1 Å². The molecule has 64 valence electrons. The Hall–Kier alpha value is -1.45. The molecule has 3 N–H and O–H groups in total. The lowest BCUT2D eigenvalue weighted by molar-refractivity contribution is 0.875. The Bertz CT molecular complexity index is 297. The number of hydrogen-bond acceptors (Lipinski definition) is 4. The van der Waals surface area contributed by atoms with Crippen LogP contribution in [0.4, 0.5) is 17.2 Å². The zero-order valence-electron chi connectivity index (χ0n) is 7.04. The fourth-order valence-corrected chi connectivity index (χ4v) is 1.36. The number of nitrogen functional groups attached to an aromatic ring is 1. The topological polar surface area (TPSA) is 54.2 Å². The van der Waals surface area contributed by atoms with Gasteiger partial charge in [0.15, 0.2) is 0 Å². The van der Waals surface area contributed by atoms with Crippen LogP contribution >= 0.6 is 0 Å². The molecule has 0 fully saturated rings. The van der Waals surface area contributed by atoms with Crippen LogP contribution in [0.1, 0.15) is 0 Å². The Morgan fingerprint density at radius 2 is 2.50 bits per heavy atom. The van der Waals surface area contributed by atoms with Crippen LogP contribution < -0.4 is 16.0 Å². The zero-order chi connectivity index (χ0) is 8.55. The Labute approximate surface area is 71.4 Å². The Kier molecular flexibility index (Phi) is 1.53. The Morgan fingerprint density at radius 1 is 1.67 bits per heavy atom. The standard InChI is InChI=1S/C8H12N4/c1-12-3-2-10-8-7(12)4-6(9)5-11-8/h4-5H,2-3,9H2,1H3,(H,10,11). The number of likely N-dealkylation sites (N-methyl/N-ethyl adjacent to an activating group) is 1. The quantitative estimate of drug-likeness (QED) is 0.587. The van der Waals surface area contributed by atoms with Crippen LogP contribution in [0.25, 0.3) is 0 Å². The molecule has 0 aromatic carbocycles. The molecule has 4 heteroatoms. The minimum Gasteiger partial charge on any atom is -0.397 e. The molecule has 2 heterocycles. The van der Waals surface area contributed by atoms with E-state index in [-0.39, 0.29) is 0 Å². The highest BCUT2D eigenvalue weighted by molar-refractivity contribution is 5.71. The average molecular weight is 164 g/mol. The molecule has 0 bridgehead atoms. The fraction of sp³-hybridized carbons (Fsp3) is 0.375. The number of fused-ring (bicyclic) bond motifs is 1. The van der Waals surface area contributed by atoms with Crippen LogP contribution in [0, 0.1) is 0 Å². The molecule has 0 amide bonds. The van der Waals surface area contributed by atoms with E-state index in [1.807, 2.05) is 13.1 Å². The van der Waals surface area contributed by atoms with E-state index in [9.17, 15) is 0 Å².